The molecule has 0 saturated carbocycles. The molecule has 0 aliphatic rings. The van der Waals surface area contributed by atoms with Gasteiger partial charge in [0.1, 0.15) is 6.61 Å². The zero-order valence-electron chi connectivity index (χ0n) is 11.6. The van der Waals surface area contributed by atoms with Gasteiger partial charge < -0.3 is 15.1 Å². The average molecular weight is 297 g/mol. The van der Waals surface area contributed by atoms with E-state index in [2.05, 4.69) is 11.8 Å². The van der Waals surface area contributed by atoms with Crippen molar-refractivity contribution in [2.75, 3.05) is 26.3 Å². The summed E-state index contributed by atoms with van der Waals surface area (Å²) in [5.74, 6) is 4.45. The molecule has 1 amide bonds. The number of carbonyl (C=O) groups excluding carboxylic acids is 1. The third-order valence-corrected chi connectivity index (χ3v) is 2.72. The summed E-state index contributed by atoms with van der Waals surface area (Å²) in [6.45, 7) is 0.119. The van der Waals surface area contributed by atoms with Crippen LogP contribution in [0, 0.1) is 18.8 Å². The fourth-order valence-electron chi connectivity index (χ4n) is 1.82. The van der Waals surface area contributed by atoms with Gasteiger partial charge in [-0.2, -0.15) is 0 Å². The maximum atomic E-state index is 12.5. The minimum atomic E-state index is -2.68. The van der Waals surface area contributed by atoms with Crippen molar-refractivity contribution in [3.8, 4) is 11.8 Å². The lowest BCUT2D eigenvalue weighted by Crippen LogP contribution is -2.37. The van der Waals surface area contributed by atoms with E-state index in [1.54, 1.807) is 12.1 Å². The molecule has 4 nitrogen and oxygen atoms in total. The first-order valence-electron chi connectivity index (χ1n) is 6.38. The van der Waals surface area contributed by atoms with Crippen LogP contribution in [0.3, 0.4) is 0 Å². The van der Waals surface area contributed by atoms with E-state index in [1.807, 2.05) is 6.92 Å². The minimum Gasteiger partial charge on any atom is -0.395 e. The molecular formula is C15H17F2NO3. The van der Waals surface area contributed by atoms with Crippen molar-refractivity contribution in [3.63, 3.8) is 0 Å². The summed E-state index contributed by atoms with van der Waals surface area (Å²) >= 11 is 0. The van der Waals surface area contributed by atoms with Gasteiger partial charge in [0.25, 0.3) is 12.3 Å². The maximum absolute atomic E-state index is 12.5. The highest BCUT2D eigenvalue weighted by atomic mass is 19.3. The third kappa shape index (κ3) is 5.14. The molecule has 1 aromatic rings. The summed E-state index contributed by atoms with van der Waals surface area (Å²) in [5.41, 5.74) is 1.40. The lowest BCUT2D eigenvalue weighted by molar-refractivity contribution is 0.0509. The van der Waals surface area contributed by atoms with Crippen molar-refractivity contribution in [2.45, 2.75) is 13.3 Å². The standard InChI is InChI=1S/C15H17F2NO3/c1-11-4-5-13(12(9-11)3-2-7-19)15(21)18(6-8-20)10-14(16)17/h4-5,9,14,19-20H,6-8,10H2,1H3. The Morgan fingerprint density at radius 2 is 2.10 bits per heavy atom. The molecule has 0 atom stereocenters. The van der Waals surface area contributed by atoms with E-state index in [-0.39, 0.29) is 18.7 Å². The van der Waals surface area contributed by atoms with Gasteiger partial charge in [0.05, 0.1) is 18.7 Å². The van der Waals surface area contributed by atoms with Crippen LogP contribution in [-0.2, 0) is 0 Å². The Labute approximate surface area is 122 Å². The number of aliphatic hydroxyl groups excluding tert-OH is 2. The number of nitrogens with zero attached hydrogens (tertiary/aromatic N) is 1. The Kier molecular flexibility index (Phi) is 6.79. The van der Waals surface area contributed by atoms with Crippen molar-refractivity contribution >= 4 is 5.91 Å². The molecule has 0 aliphatic carbocycles. The fourth-order valence-corrected chi connectivity index (χ4v) is 1.82. The second kappa shape index (κ2) is 8.35. The van der Waals surface area contributed by atoms with Gasteiger partial charge in [-0.25, -0.2) is 8.78 Å². The molecule has 0 radical (unpaired) electrons. The van der Waals surface area contributed by atoms with Gasteiger partial charge in [0.15, 0.2) is 0 Å². The predicted molar refractivity (Wildman–Crippen MR) is 74.1 cm³/mol. The highest BCUT2D eigenvalue weighted by Crippen LogP contribution is 2.14. The first kappa shape index (κ1) is 17.1. The molecule has 0 aromatic heterocycles. The summed E-state index contributed by atoms with van der Waals surface area (Å²) in [7, 11) is 0. The smallest absolute Gasteiger partial charge is 0.255 e. The molecule has 0 bridgehead atoms. The normalized spacial score (nSPS) is 10.2. The topological polar surface area (TPSA) is 60.8 Å². The molecule has 0 unspecified atom stereocenters. The van der Waals surface area contributed by atoms with Crippen molar-refractivity contribution in [1.29, 1.82) is 0 Å². The van der Waals surface area contributed by atoms with Gasteiger partial charge in [-0.15, -0.1) is 0 Å². The number of aliphatic hydroxyl groups is 2. The van der Waals surface area contributed by atoms with Gasteiger partial charge in [-0.05, 0) is 24.6 Å². The summed E-state index contributed by atoms with van der Waals surface area (Å²) in [4.78, 5) is 13.2. The summed E-state index contributed by atoms with van der Waals surface area (Å²) < 4.78 is 25.0. The van der Waals surface area contributed by atoms with Crippen LogP contribution in [-0.4, -0.2) is 53.7 Å². The zero-order chi connectivity index (χ0) is 15.8. The number of alkyl halides is 2. The molecule has 0 fully saturated rings. The van der Waals surface area contributed by atoms with Crippen LogP contribution in [0.2, 0.25) is 0 Å². The summed E-state index contributed by atoms with van der Waals surface area (Å²) in [6.07, 6.45) is -2.68. The fraction of sp³-hybridized carbons (Fsp3) is 0.400. The highest BCUT2D eigenvalue weighted by Gasteiger charge is 2.21. The largest absolute Gasteiger partial charge is 0.395 e. The number of aryl methyl sites for hydroxylation is 1. The van der Waals surface area contributed by atoms with Crippen LogP contribution < -0.4 is 0 Å². The van der Waals surface area contributed by atoms with E-state index in [0.717, 1.165) is 10.5 Å². The second-order valence-corrected chi connectivity index (χ2v) is 4.37. The zero-order valence-corrected chi connectivity index (χ0v) is 11.6. The molecule has 0 saturated heterocycles. The van der Waals surface area contributed by atoms with Gasteiger partial charge >= 0.3 is 0 Å². The lowest BCUT2D eigenvalue weighted by Gasteiger charge is -2.22. The highest BCUT2D eigenvalue weighted by molar-refractivity contribution is 5.96. The number of rotatable bonds is 5. The van der Waals surface area contributed by atoms with Crippen LogP contribution in [0.15, 0.2) is 18.2 Å². The van der Waals surface area contributed by atoms with E-state index in [1.165, 1.54) is 6.07 Å². The summed E-state index contributed by atoms with van der Waals surface area (Å²) in [5, 5.41) is 17.6. The molecule has 0 heterocycles. The Morgan fingerprint density at radius 1 is 1.38 bits per heavy atom. The quantitative estimate of drug-likeness (QED) is 0.798. The SMILES string of the molecule is Cc1ccc(C(=O)N(CCO)CC(F)F)c(C#CCO)c1. The van der Waals surface area contributed by atoms with Crippen molar-refractivity contribution in [2.24, 2.45) is 0 Å². The molecule has 2 N–H and O–H groups in total. The number of amides is 1. The molecule has 0 aliphatic heterocycles. The third-order valence-electron chi connectivity index (χ3n) is 2.72. The average Bonchev–Trinajstić information content (AvgIpc) is 2.43. The Hall–Kier alpha value is -1.97. The molecular weight excluding hydrogens is 280 g/mol. The number of halogens is 2. The maximum Gasteiger partial charge on any atom is 0.255 e. The number of hydrogen-bond donors (Lipinski definition) is 2. The van der Waals surface area contributed by atoms with E-state index in [0.29, 0.717) is 5.56 Å². The number of benzene rings is 1. The van der Waals surface area contributed by atoms with Crippen LogP contribution in [0.4, 0.5) is 8.78 Å². The minimum absolute atomic E-state index is 0.177. The Balaban J connectivity index is 3.14. The Morgan fingerprint density at radius 3 is 2.67 bits per heavy atom. The number of hydrogen-bond acceptors (Lipinski definition) is 3. The monoisotopic (exact) mass is 297 g/mol. The molecule has 1 aromatic carbocycles. The van der Waals surface area contributed by atoms with Gasteiger partial charge in [0.2, 0.25) is 0 Å². The van der Waals surface area contributed by atoms with Crippen molar-refractivity contribution in [3.05, 3.63) is 34.9 Å². The van der Waals surface area contributed by atoms with E-state index < -0.39 is 25.5 Å². The number of carbonyl (C=O) groups is 1. The first-order valence-corrected chi connectivity index (χ1v) is 6.38. The lowest BCUT2D eigenvalue weighted by atomic mass is 10.0. The van der Waals surface area contributed by atoms with E-state index >= 15 is 0 Å². The van der Waals surface area contributed by atoms with Crippen LogP contribution >= 0.6 is 0 Å². The van der Waals surface area contributed by atoms with Gasteiger partial charge in [-0.1, -0.05) is 17.9 Å². The van der Waals surface area contributed by atoms with Gasteiger partial charge in [-0.3, -0.25) is 4.79 Å². The predicted octanol–water partition coefficient (Wildman–Crippen LogP) is 1.04. The molecule has 0 spiro atoms. The van der Waals surface area contributed by atoms with E-state index in [9.17, 15) is 13.6 Å². The van der Waals surface area contributed by atoms with Crippen molar-refractivity contribution < 1.29 is 23.8 Å². The van der Waals surface area contributed by atoms with Crippen LogP contribution in [0.5, 0.6) is 0 Å². The van der Waals surface area contributed by atoms with Crippen LogP contribution in [0.25, 0.3) is 0 Å². The van der Waals surface area contributed by atoms with E-state index in [4.69, 9.17) is 10.2 Å². The molecule has 1 rings (SSSR count). The van der Waals surface area contributed by atoms with Crippen LogP contribution in [0.1, 0.15) is 21.5 Å². The molecule has 6 heteroatoms. The molecule has 21 heavy (non-hydrogen) atoms. The Bertz CT molecular complexity index is 550. The second-order valence-electron chi connectivity index (χ2n) is 4.37. The summed E-state index contributed by atoms with van der Waals surface area (Å²) in [6, 6.07) is 4.83. The first-order chi connectivity index (χ1) is 9.99. The van der Waals surface area contributed by atoms with Crippen molar-refractivity contribution in [1.82, 2.24) is 4.90 Å². The van der Waals surface area contributed by atoms with Gasteiger partial charge in [0, 0.05) is 12.1 Å². The molecule has 114 valence electrons.